The minimum Gasteiger partial charge on any atom is -0.402 e. The lowest BCUT2D eigenvalue weighted by Gasteiger charge is -2.00. The van der Waals surface area contributed by atoms with Gasteiger partial charge < -0.3 is 4.42 Å². The highest BCUT2D eigenvalue weighted by molar-refractivity contribution is 7.15. The molecule has 8 heteroatoms. The zero-order valence-electron chi connectivity index (χ0n) is 11.8. The van der Waals surface area contributed by atoms with E-state index in [1.807, 2.05) is 13.8 Å². The molecule has 0 spiro atoms. The second kappa shape index (κ2) is 5.64. The first-order valence-electron chi connectivity index (χ1n) is 6.38. The Balaban J connectivity index is 1.80. The van der Waals surface area contributed by atoms with Crippen LogP contribution in [0.1, 0.15) is 21.1 Å². The zero-order chi connectivity index (χ0) is 15.7. The van der Waals surface area contributed by atoms with Gasteiger partial charge in [0.2, 0.25) is 0 Å². The van der Waals surface area contributed by atoms with Gasteiger partial charge in [0, 0.05) is 5.56 Å². The number of rotatable bonds is 3. The molecule has 112 valence electrons. The monoisotopic (exact) mass is 318 g/mol. The average Bonchev–Trinajstić information content (AvgIpc) is 3.05. The van der Waals surface area contributed by atoms with E-state index in [2.05, 4.69) is 20.5 Å². The van der Waals surface area contributed by atoms with Crippen LogP contribution in [0.4, 0.5) is 10.4 Å². The number of nitrogens with zero attached hydrogens (tertiary/aromatic N) is 3. The van der Waals surface area contributed by atoms with Crippen LogP contribution in [0.2, 0.25) is 0 Å². The van der Waals surface area contributed by atoms with E-state index in [1.165, 1.54) is 29.5 Å². The Morgan fingerprint density at radius 1 is 1.32 bits per heavy atom. The number of anilines is 1. The molecule has 0 aliphatic heterocycles. The fourth-order valence-corrected chi connectivity index (χ4v) is 2.74. The van der Waals surface area contributed by atoms with Gasteiger partial charge in [-0.2, -0.15) is 0 Å². The molecule has 2 aromatic heterocycles. The summed E-state index contributed by atoms with van der Waals surface area (Å²) in [6.45, 7) is 3.72. The summed E-state index contributed by atoms with van der Waals surface area (Å²) in [5.41, 5.74) is 0.957. The van der Waals surface area contributed by atoms with Crippen molar-refractivity contribution in [3.05, 3.63) is 46.3 Å². The van der Waals surface area contributed by atoms with Gasteiger partial charge in [-0.05, 0) is 32.0 Å². The lowest BCUT2D eigenvalue weighted by molar-refractivity contribution is 0.102. The molecule has 3 aromatic rings. The number of benzene rings is 1. The minimum atomic E-state index is -0.521. The van der Waals surface area contributed by atoms with Crippen molar-refractivity contribution in [3.8, 4) is 10.8 Å². The molecule has 0 unspecified atom stereocenters. The lowest BCUT2D eigenvalue weighted by Crippen LogP contribution is -2.12. The predicted octanol–water partition coefficient (Wildman–Crippen LogP) is 3.20. The van der Waals surface area contributed by atoms with E-state index in [9.17, 15) is 9.18 Å². The van der Waals surface area contributed by atoms with Crippen LogP contribution in [0.15, 0.2) is 28.7 Å². The highest BCUT2D eigenvalue weighted by Gasteiger charge is 2.16. The number of halogens is 1. The molecule has 0 saturated heterocycles. The first-order valence-corrected chi connectivity index (χ1v) is 7.19. The first-order chi connectivity index (χ1) is 10.5. The second-order valence-electron chi connectivity index (χ2n) is 4.52. The van der Waals surface area contributed by atoms with E-state index in [1.54, 1.807) is 0 Å². The fraction of sp³-hybridized carbons (Fsp3) is 0.143. The molecule has 22 heavy (non-hydrogen) atoms. The Hall–Kier alpha value is -2.61. The Bertz CT molecular complexity index is 843. The molecular weight excluding hydrogens is 307 g/mol. The van der Waals surface area contributed by atoms with Crippen molar-refractivity contribution < 1.29 is 13.6 Å². The van der Waals surface area contributed by atoms with E-state index in [4.69, 9.17) is 4.42 Å². The van der Waals surface area contributed by atoms with Crippen LogP contribution in [0.3, 0.4) is 0 Å². The number of amides is 1. The number of aromatic nitrogens is 3. The summed E-state index contributed by atoms with van der Waals surface area (Å²) >= 11 is 1.43. The molecule has 1 amide bonds. The fourth-order valence-electron chi connectivity index (χ4n) is 1.89. The van der Waals surface area contributed by atoms with Crippen molar-refractivity contribution in [3.63, 3.8) is 0 Å². The van der Waals surface area contributed by atoms with Gasteiger partial charge in [0.1, 0.15) is 10.7 Å². The Morgan fingerprint density at radius 2 is 2.14 bits per heavy atom. The molecule has 0 fully saturated rings. The molecule has 1 aromatic carbocycles. The van der Waals surface area contributed by atoms with Crippen LogP contribution in [0, 0.1) is 19.7 Å². The molecular formula is C14H11FN4O2S. The number of aryl methyl sites for hydroxylation is 2. The number of nitrogens with one attached hydrogen (secondary N) is 1. The summed E-state index contributed by atoms with van der Waals surface area (Å²) in [5.74, 6) is -0.723. The summed E-state index contributed by atoms with van der Waals surface area (Å²) in [7, 11) is 0. The van der Waals surface area contributed by atoms with Gasteiger partial charge in [0.25, 0.3) is 11.8 Å². The zero-order valence-corrected chi connectivity index (χ0v) is 12.6. The van der Waals surface area contributed by atoms with Crippen LogP contribution >= 0.6 is 11.3 Å². The molecule has 0 aliphatic carbocycles. The topological polar surface area (TPSA) is 80.9 Å². The number of hydrogen-bond donors (Lipinski definition) is 1. The smallest absolute Gasteiger partial charge is 0.322 e. The van der Waals surface area contributed by atoms with Crippen LogP contribution in [-0.4, -0.2) is 21.1 Å². The molecule has 2 heterocycles. The van der Waals surface area contributed by atoms with Crippen molar-refractivity contribution in [2.45, 2.75) is 13.8 Å². The van der Waals surface area contributed by atoms with Crippen LogP contribution in [0.5, 0.6) is 0 Å². The minimum absolute atomic E-state index is 0.0466. The van der Waals surface area contributed by atoms with E-state index in [0.717, 1.165) is 21.6 Å². The molecule has 6 nitrogen and oxygen atoms in total. The molecule has 0 radical (unpaired) electrons. The van der Waals surface area contributed by atoms with E-state index >= 15 is 0 Å². The second-order valence-corrected chi connectivity index (χ2v) is 5.73. The van der Waals surface area contributed by atoms with Gasteiger partial charge >= 0.3 is 6.01 Å². The van der Waals surface area contributed by atoms with Crippen LogP contribution in [-0.2, 0) is 0 Å². The Labute approximate surface area is 129 Å². The highest BCUT2D eigenvalue weighted by atomic mass is 32.1. The third-order valence-electron chi connectivity index (χ3n) is 2.83. The molecule has 0 aliphatic rings. The molecule has 0 atom stereocenters. The maximum absolute atomic E-state index is 13.1. The van der Waals surface area contributed by atoms with E-state index in [-0.39, 0.29) is 17.5 Å². The summed E-state index contributed by atoms with van der Waals surface area (Å²) in [4.78, 5) is 17.0. The van der Waals surface area contributed by atoms with E-state index in [0.29, 0.717) is 0 Å². The molecule has 0 saturated carbocycles. The number of carbonyl (C=O) groups excluding carboxylic acids is 1. The van der Waals surface area contributed by atoms with Gasteiger partial charge in [-0.25, -0.2) is 9.37 Å². The van der Waals surface area contributed by atoms with Crippen molar-refractivity contribution in [1.82, 2.24) is 15.2 Å². The third-order valence-corrected chi connectivity index (χ3v) is 3.89. The first kappa shape index (κ1) is 14.3. The maximum Gasteiger partial charge on any atom is 0.322 e. The molecule has 3 rings (SSSR count). The van der Waals surface area contributed by atoms with Gasteiger partial charge in [0.15, 0.2) is 0 Å². The standard InChI is InChI=1S/C14H11FN4O2S/c1-7-11(22-8(2)16-7)13-18-19-14(21-13)17-12(20)9-4-3-5-10(15)6-9/h3-6H,1-2H3,(H,17,19,20). The predicted molar refractivity (Wildman–Crippen MR) is 79.2 cm³/mol. The SMILES string of the molecule is Cc1nc(C)c(-c2nnc(NC(=O)c3cccc(F)c3)o2)s1. The Kier molecular flexibility index (Phi) is 3.68. The van der Waals surface area contributed by atoms with Crippen molar-refractivity contribution >= 4 is 23.3 Å². The number of carbonyl (C=O) groups is 1. The van der Waals surface area contributed by atoms with Crippen molar-refractivity contribution in [1.29, 1.82) is 0 Å². The van der Waals surface area contributed by atoms with Gasteiger partial charge in [-0.3, -0.25) is 10.1 Å². The maximum atomic E-state index is 13.1. The third kappa shape index (κ3) is 2.86. The van der Waals surface area contributed by atoms with E-state index < -0.39 is 11.7 Å². The largest absolute Gasteiger partial charge is 0.402 e. The van der Waals surface area contributed by atoms with Crippen molar-refractivity contribution in [2.24, 2.45) is 0 Å². The van der Waals surface area contributed by atoms with Crippen LogP contribution in [0.25, 0.3) is 10.8 Å². The average molecular weight is 318 g/mol. The summed E-state index contributed by atoms with van der Waals surface area (Å²) in [5, 5.41) is 11.0. The van der Waals surface area contributed by atoms with Gasteiger partial charge in [0.05, 0.1) is 10.7 Å². The normalized spacial score (nSPS) is 10.7. The lowest BCUT2D eigenvalue weighted by atomic mass is 10.2. The molecule has 1 N–H and O–H groups in total. The van der Waals surface area contributed by atoms with Crippen molar-refractivity contribution in [2.75, 3.05) is 5.32 Å². The molecule has 0 bridgehead atoms. The summed E-state index contributed by atoms with van der Waals surface area (Å²) < 4.78 is 18.5. The Morgan fingerprint density at radius 3 is 2.82 bits per heavy atom. The van der Waals surface area contributed by atoms with Crippen LogP contribution < -0.4 is 5.32 Å². The summed E-state index contributed by atoms with van der Waals surface area (Å²) in [6, 6.07) is 5.29. The van der Waals surface area contributed by atoms with Gasteiger partial charge in [-0.15, -0.1) is 16.4 Å². The quantitative estimate of drug-likeness (QED) is 0.802. The van der Waals surface area contributed by atoms with Gasteiger partial charge in [-0.1, -0.05) is 11.2 Å². The number of thiazole rings is 1. The number of hydrogen-bond acceptors (Lipinski definition) is 6. The highest BCUT2D eigenvalue weighted by Crippen LogP contribution is 2.29. The summed E-state index contributed by atoms with van der Waals surface area (Å²) in [6.07, 6.45) is 0.